The number of nitrogen functional groups attached to an aromatic ring is 1. The highest BCUT2D eigenvalue weighted by atomic mass is 32.1. The zero-order valence-corrected chi connectivity index (χ0v) is 20.8. The minimum atomic E-state index is -0.577. The minimum absolute atomic E-state index is 0.0691. The molecular formula is C27H27FN4O2S. The number of thiazole rings is 1. The lowest BCUT2D eigenvalue weighted by Gasteiger charge is -2.39. The first kappa shape index (κ1) is 22.4. The normalized spacial score (nSPS) is 22.2. The lowest BCUT2D eigenvalue weighted by molar-refractivity contribution is 0.0540. The number of pyridine rings is 1. The number of carbonyl (C=O) groups excluding carboxylic acids is 1. The van der Waals surface area contributed by atoms with Gasteiger partial charge in [0, 0.05) is 23.6 Å². The average Bonchev–Trinajstić information content (AvgIpc) is 3.40. The molecular weight excluding hydrogens is 463 g/mol. The molecule has 6 rings (SSSR count). The van der Waals surface area contributed by atoms with Crippen molar-refractivity contribution in [3.8, 4) is 0 Å². The number of likely N-dealkylation sites (tertiary alicyclic amines) is 1. The van der Waals surface area contributed by atoms with E-state index in [1.807, 2.05) is 24.8 Å². The van der Waals surface area contributed by atoms with Crippen LogP contribution >= 0.6 is 11.3 Å². The molecule has 35 heavy (non-hydrogen) atoms. The van der Waals surface area contributed by atoms with Crippen molar-refractivity contribution in [3.05, 3.63) is 63.4 Å². The summed E-state index contributed by atoms with van der Waals surface area (Å²) in [6.45, 7) is 7.01. The van der Waals surface area contributed by atoms with Gasteiger partial charge < -0.3 is 15.4 Å². The van der Waals surface area contributed by atoms with E-state index in [4.69, 9.17) is 10.5 Å². The summed E-state index contributed by atoms with van der Waals surface area (Å²) in [4.78, 5) is 24.7. The molecule has 1 amide bonds. The molecule has 2 aliphatic heterocycles. The summed E-state index contributed by atoms with van der Waals surface area (Å²) >= 11 is 1.65. The Kier molecular flexibility index (Phi) is 5.27. The standard InChI is InChI=1S/C27H27FN4O2S/c1-13-4-7-23(16-5-6-21-24(8-16)35-15(3)30-21)32(11-13)27(33)18-9-17-19-12-34-14(2)25(19)26(29)31-22(17)10-20(18)28/h5-6,8-10,13-14,23H,4,7,11-12H2,1-3H3,(H2,29,31)/t13-,14+,23+/m0/s1. The number of piperidine rings is 1. The maximum Gasteiger partial charge on any atom is 0.257 e. The topological polar surface area (TPSA) is 81.3 Å². The van der Waals surface area contributed by atoms with Crippen LogP contribution in [-0.4, -0.2) is 27.3 Å². The van der Waals surface area contributed by atoms with Crippen molar-refractivity contribution < 1.29 is 13.9 Å². The van der Waals surface area contributed by atoms with E-state index in [-0.39, 0.29) is 23.6 Å². The molecule has 2 aromatic heterocycles. The second-order valence-corrected chi connectivity index (χ2v) is 11.0. The fourth-order valence-electron chi connectivity index (χ4n) is 5.59. The fourth-order valence-corrected chi connectivity index (χ4v) is 6.47. The lowest BCUT2D eigenvalue weighted by atomic mass is 9.89. The number of nitrogens with two attached hydrogens (primary N) is 1. The molecule has 0 radical (unpaired) electrons. The van der Waals surface area contributed by atoms with Crippen molar-refractivity contribution in [2.75, 3.05) is 12.3 Å². The SMILES string of the molecule is Cc1nc2ccc([C@H]3CC[C@H](C)CN3C(=O)c3cc4c5c(c(N)nc4cc3F)[C@@H](C)OC5)cc2s1. The summed E-state index contributed by atoms with van der Waals surface area (Å²) < 4.78 is 22.2. The Morgan fingerprint density at radius 1 is 1.17 bits per heavy atom. The number of fused-ring (bicyclic) bond motifs is 4. The van der Waals surface area contributed by atoms with E-state index >= 15 is 4.39 Å². The van der Waals surface area contributed by atoms with E-state index in [0.29, 0.717) is 30.4 Å². The highest BCUT2D eigenvalue weighted by molar-refractivity contribution is 7.18. The first-order chi connectivity index (χ1) is 16.8. The van der Waals surface area contributed by atoms with Gasteiger partial charge in [0.25, 0.3) is 5.91 Å². The molecule has 2 aromatic carbocycles. The molecule has 2 N–H and O–H groups in total. The Morgan fingerprint density at radius 3 is 2.83 bits per heavy atom. The summed E-state index contributed by atoms with van der Waals surface area (Å²) in [5.74, 6) is -0.173. The van der Waals surface area contributed by atoms with Crippen LogP contribution in [0, 0.1) is 18.7 Å². The van der Waals surface area contributed by atoms with E-state index in [1.165, 1.54) is 6.07 Å². The lowest BCUT2D eigenvalue weighted by Crippen LogP contribution is -2.42. The number of halogens is 1. The number of hydrogen-bond donors (Lipinski definition) is 1. The van der Waals surface area contributed by atoms with Crippen LogP contribution in [0.3, 0.4) is 0 Å². The smallest absolute Gasteiger partial charge is 0.257 e. The Balaban J connectivity index is 1.43. The van der Waals surface area contributed by atoms with Gasteiger partial charge in [0.1, 0.15) is 11.6 Å². The Labute approximate surface area is 206 Å². The molecule has 0 spiro atoms. The van der Waals surface area contributed by atoms with Crippen molar-refractivity contribution in [2.24, 2.45) is 5.92 Å². The van der Waals surface area contributed by atoms with Crippen LogP contribution in [0.1, 0.15) is 70.9 Å². The van der Waals surface area contributed by atoms with Crippen LogP contribution in [-0.2, 0) is 11.3 Å². The summed E-state index contributed by atoms with van der Waals surface area (Å²) in [5, 5.41) is 1.74. The number of benzene rings is 2. The number of rotatable bonds is 2. The van der Waals surface area contributed by atoms with Gasteiger partial charge in [0.2, 0.25) is 0 Å². The van der Waals surface area contributed by atoms with Crippen LogP contribution < -0.4 is 5.73 Å². The number of aromatic nitrogens is 2. The molecule has 0 saturated carbocycles. The average molecular weight is 491 g/mol. The fraction of sp³-hybridized carbons (Fsp3) is 0.370. The molecule has 4 aromatic rings. The maximum absolute atomic E-state index is 15.4. The molecule has 6 nitrogen and oxygen atoms in total. The zero-order chi connectivity index (χ0) is 24.4. The van der Waals surface area contributed by atoms with Crippen LogP contribution in [0.4, 0.5) is 10.2 Å². The van der Waals surface area contributed by atoms with Crippen molar-refractivity contribution >= 4 is 44.2 Å². The van der Waals surface area contributed by atoms with Gasteiger partial charge in [0.15, 0.2) is 0 Å². The predicted octanol–water partition coefficient (Wildman–Crippen LogP) is 6.08. The molecule has 8 heteroatoms. The maximum atomic E-state index is 15.4. The number of ether oxygens (including phenoxy) is 1. The van der Waals surface area contributed by atoms with E-state index in [1.54, 1.807) is 17.4 Å². The molecule has 0 bridgehead atoms. The first-order valence-electron chi connectivity index (χ1n) is 12.0. The molecule has 1 fully saturated rings. The zero-order valence-electron chi connectivity index (χ0n) is 20.0. The summed E-state index contributed by atoms with van der Waals surface area (Å²) in [5.41, 5.74) is 10.4. The van der Waals surface area contributed by atoms with Gasteiger partial charge in [-0.15, -0.1) is 11.3 Å². The molecule has 2 aliphatic rings. The van der Waals surface area contributed by atoms with E-state index in [2.05, 4.69) is 29.0 Å². The van der Waals surface area contributed by atoms with Gasteiger partial charge in [-0.3, -0.25) is 4.79 Å². The largest absolute Gasteiger partial charge is 0.383 e. The van der Waals surface area contributed by atoms with Gasteiger partial charge in [-0.25, -0.2) is 14.4 Å². The van der Waals surface area contributed by atoms with Gasteiger partial charge in [0.05, 0.1) is 45.1 Å². The van der Waals surface area contributed by atoms with Crippen molar-refractivity contribution in [3.63, 3.8) is 0 Å². The van der Waals surface area contributed by atoms with Crippen LogP contribution in [0.15, 0.2) is 30.3 Å². The van der Waals surface area contributed by atoms with Gasteiger partial charge >= 0.3 is 0 Å². The second kappa shape index (κ2) is 8.24. The van der Waals surface area contributed by atoms with Gasteiger partial charge in [-0.2, -0.15) is 0 Å². The molecule has 180 valence electrons. The molecule has 3 atom stereocenters. The van der Waals surface area contributed by atoms with Gasteiger partial charge in [-0.1, -0.05) is 13.0 Å². The third-order valence-electron chi connectivity index (χ3n) is 7.35. The minimum Gasteiger partial charge on any atom is -0.383 e. The quantitative estimate of drug-likeness (QED) is 0.368. The highest BCUT2D eigenvalue weighted by Crippen LogP contribution is 2.40. The third-order valence-corrected chi connectivity index (χ3v) is 8.28. The Hall–Kier alpha value is -3.10. The van der Waals surface area contributed by atoms with Crippen molar-refractivity contribution in [1.29, 1.82) is 0 Å². The number of anilines is 1. The van der Waals surface area contributed by atoms with E-state index in [9.17, 15) is 4.79 Å². The summed E-state index contributed by atoms with van der Waals surface area (Å²) in [6.07, 6.45) is 1.67. The third kappa shape index (κ3) is 3.67. The number of carbonyl (C=O) groups is 1. The monoisotopic (exact) mass is 490 g/mol. The van der Waals surface area contributed by atoms with Crippen molar-refractivity contribution in [2.45, 2.75) is 52.4 Å². The first-order valence-corrected chi connectivity index (χ1v) is 12.8. The summed E-state index contributed by atoms with van der Waals surface area (Å²) in [7, 11) is 0. The molecule has 4 heterocycles. The van der Waals surface area contributed by atoms with Crippen LogP contribution in [0.2, 0.25) is 0 Å². The predicted molar refractivity (Wildman–Crippen MR) is 136 cm³/mol. The highest BCUT2D eigenvalue weighted by Gasteiger charge is 2.34. The Bertz CT molecular complexity index is 1500. The van der Waals surface area contributed by atoms with Crippen LogP contribution in [0.5, 0.6) is 0 Å². The molecule has 0 unspecified atom stereocenters. The van der Waals surface area contributed by atoms with Gasteiger partial charge in [-0.05, 0) is 61.9 Å². The second-order valence-electron chi connectivity index (χ2n) is 9.81. The number of nitrogens with zero attached hydrogens (tertiary/aromatic N) is 3. The van der Waals surface area contributed by atoms with E-state index < -0.39 is 5.82 Å². The number of hydrogen-bond acceptors (Lipinski definition) is 6. The number of amides is 1. The molecule has 1 saturated heterocycles. The molecule has 0 aliphatic carbocycles. The van der Waals surface area contributed by atoms with Crippen LogP contribution in [0.25, 0.3) is 21.1 Å². The van der Waals surface area contributed by atoms with E-state index in [0.717, 1.165) is 50.1 Å². The Morgan fingerprint density at radius 2 is 2.00 bits per heavy atom. The van der Waals surface area contributed by atoms with Crippen molar-refractivity contribution in [1.82, 2.24) is 14.9 Å². The number of aryl methyl sites for hydroxylation is 1. The summed E-state index contributed by atoms with van der Waals surface area (Å²) in [6, 6.07) is 9.07.